The van der Waals surface area contributed by atoms with Gasteiger partial charge in [0.25, 0.3) is 0 Å². The van der Waals surface area contributed by atoms with Crippen molar-refractivity contribution in [3.8, 4) is 11.5 Å². The summed E-state index contributed by atoms with van der Waals surface area (Å²) in [6.07, 6.45) is -1.61. The van der Waals surface area contributed by atoms with Crippen molar-refractivity contribution in [2.45, 2.75) is 25.6 Å². The van der Waals surface area contributed by atoms with E-state index < -0.39 is 23.6 Å². The first-order chi connectivity index (χ1) is 10.9. The van der Waals surface area contributed by atoms with Gasteiger partial charge >= 0.3 is 17.5 Å². The summed E-state index contributed by atoms with van der Waals surface area (Å²) in [7, 11) is 1.41. The second kappa shape index (κ2) is 6.64. The number of halogens is 1. The number of benzene rings is 1. The number of hydrogen-bond acceptors (Lipinski definition) is 7. The van der Waals surface area contributed by atoms with Crippen molar-refractivity contribution in [1.82, 2.24) is 0 Å². The first kappa shape index (κ1) is 17.4. The zero-order valence-corrected chi connectivity index (χ0v) is 13.7. The number of aliphatic hydroxyl groups excluding tert-OH is 1. The smallest absolute Gasteiger partial charge is 0.365 e. The molecular weight excluding hydrogens is 328 g/mol. The minimum atomic E-state index is -2.34. The summed E-state index contributed by atoms with van der Waals surface area (Å²) < 4.78 is 20.4. The Bertz CT molecular complexity index is 610. The Morgan fingerprint density at radius 2 is 1.83 bits per heavy atom. The Labute approximate surface area is 138 Å². The fourth-order valence-corrected chi connectivity index (χ4v) is 2.62. The largest absolute Gasteiger partial charge is 0.495 e. The number of fused-ring (bicyclic) bond motifs is 1. The van der Waals surface area contributed by atoms with Crippen LogP contribution in [0.2, 0.25) is 5.02 Å². The van der Waals surface area contributed by atoms with Crippen LogP contribution in [0.4, 0.5) is 0 Å². The van der Waals surface area contributed by atoms with Gasteiger partial charge in [-0.25, -0.2) is 9.59 Å². The van der Waals surface area contributed by atoms with E-state index in [2.05, 4.69) is 0 Å². The lowest BCUT2D eigenvalue weighted by molar-refractivity contribution is -0.187. The van der Waals surface area contributed by atoms with Crippen LogP contribution in [0, 0.1) is 0 Å². The van der Waals surface area contributed by atoms with Crippen LogP contribution in [0.15, 0.2) is 12.1 Å². The van der Waals surface area contributed by atoms with E-state index in [0.29, 0.717) is 0 Å². The monoisotopic (exact) mass is 344 g/mol. The van der Waals surface area contributed by atoms with Crippen molar-refractivity contribution >= 4 is 23.5 Å². The maximum atomic E-state index is 12.3. The molecule has 0 spiro atoms. The van der Waals surface area contributed by atoms with Crippen LogP contribution in [0.5, 0.6) is 11.5 Å². The quantitative estimate of drug-likeness (QED) is 0.641. The molecule has 1 unspecified atom stereocenters. The number of ether oxygens (including phenoxy) is 4. The highest BCUT2D eigenvalue weighted by atomic mass is 35.5. The maximum Gasteiger partial charge on any atom is 0.365 e. The molecule has 1 aromatic rings. The SMILES string of the molecule is CCOC(=O)C1(C(=O)OCC)Oc2c(ccc(OC)c2Cl)C1O. The van der Waals surface area contributed by atoms with Gasteiger partial charge in [-0.05, 0) is 26.0 Å². The molecule has 7 nitrogen and oxygen atoms in total. The number of rotatable bonds is 5. The lowest BCUT2D eigenvalue weighted by atomic mass is 9.93. The predicted molar refractivity (Wildman–Crippen MR) is 79.6 cm³/mol. The second-order valence-corrected chi connectivity index (χ2v) is 5.06. The van der Waals surface area contributed by atoms with Crippen molar-refractivity contribution in [1.29, 1.82) is 0 Å². The highest BCUT2D eigenvalue weighted by Gasteiger charge is 2.63. The third-order valence-corrected chi connectivity index (χ3v) is 3.77. The number of hydrogen-bond donors (Lipinski definition) is 1. The summed E-state index contributed by atoms with van der Waals surface area (Å²) in [5.74, 6) is -1.82. The van der Waals surface area contributed by atoms with Gasteiger partial charge in [-0.3, -0.25) is 0 Å². The summed E-state index contributed by atoms with van der Waals surface area (Å²) in [6, 6.07) is 2.96. The van der Waals surface area contributed by atoms with Gasteiger partial charge in [0.2, 0.25) is 0 Å². The van der Waals surface area contributed by atoms with Crippen molar-refractivity contribution in [3.63, 3.8) is 0 Å². The summed E-state index contributed by atoms with van der Waals surface area (Å²) in [6.45, 7) is 3.15. The molecule has 0 bridgehead atoms. The molecule has 1 atom stereocenters. The summed E-state index contributed by atoms with van der Waals surface area (Å²) in [5, 5.41) is 10.6. The van der Waals surface area contributed by atoms with Crippen LogP contribution in [0.3, 0.4) is 0 Å². The van der Waals surface area contributed by atoms with E-state index in [1.54, 1.807) is 13.8 Å². The third-order valence-electron chi connectivity index (χ3n) is 3.41. The van der Waals surface area contributed by atoms with Crippen LogP contribution < -0.4 is 9.47 Å². The second-order valence-electron chi connectivity index (χ2n) is 4.68. The van der Waals surface area contributed by atoms with Gasteiger partial charge in [-0.1, -0.05) is 11.6 Å². The third kappa shape index (κ3) is 2.60. The highest BCUT2D eigenvalue weighted by molar-refractivity contribution is 6.34. The minimum Gasteiger partial charge on any atom is -0.495 e. The molecular formula is C15H17ClO7. The Hall–Kier alpha value is -1.99. The minimum absolute atomic E-state index is 0.00344. The van der Waals surface area contributed by atoms with Crippen LogP contribution in [-0.4, -0.2) is 43.0 Å². The maximum absolute atomic E-state index is 12.3. The Morgan fingerprint density at radius 1 is 1.26 bits per heavy atom. The molecule has 1 N–H and O–H groups in total. The van der Waals surface area contributed by atoms with Crippen LogP contribution in [0.1, 0.15) is 25.5 Å². The molecule has 0 saturated carbocycles. The Morgan fingerprint density at radius 3 is 2.30 bits per heavy atom. The molecule has 126 valence electrons. The molecule has 2 rings (SSSR count). The van der Waals surface area contributed by atoms with E-state index in [1.165, 1.54) is 19.2 Å². The fraction of sp³-hybridized carbons (Fsp3) is 0.467. The van der Waals surface area contributed by atoms with Crippen LogP contribution >= 0.6 is 11.6 Å². The average molecular weight is 345 g/mol. The van der Waals surface area contributed by atoms with Gasteiger partial charge < -0.3 is 24.1 Å². The van der Waals surface area contributed by atoms with Crippen molar-refractivity contribution < 1.29 is 33.6 Å². The zero-order chi connectivity index (χ0) is 17.2. The first-order valence-corrected chi connectivity index (χ1v) is 7.39. The molecule has 0 saturated heterocycles. The molecule has 8 heteroatoms. The predicted octanol–water partition coefficient (Wildman–Crippen LogP) is 1.64. The number of carbonyl (C=O) groups is 2. The standard InChI is InChI=1S/C15H17ClO7/c1-4-21-13(18)15(14(19)22-5-2)12(17)8-6-7-9(20-3)10(16)11(8)23-15/h6-7,12,17H,4-5H2,1-3H3. The van der Waals surface area contributed by atoms with E-state index in [0.717, 1.165) is 0 Å². The molecule has 1 heterocycles. The molecule has 0 amide bonds. The molecule has 1 aliphatic heterocycles. The van der Waals surface area contributed by atoms with Crippen molar-refractivity contribution in [2.24, 2.45) is 0 Å². The molecule has 23 heavy (non-hydrogen) atoms. The van der Waals surface area contributed by atoms with Gasteiger partial charge in [-0.15, -0.1) is 0 Å². The van der Waals surface area contributed by atoms with Crippen molar-refractivity contribution in [2.75, 3.05) is 20.3 Å². The summed E-state index contributed by atoms with van der Waals surface area (Å²) in [5.41, 5.74) is -2.17. The lowest BCUT2D eigenvalue weighted by Gasteiger charge is -2.26. The number of aliphatic hydroxyl groups is 1. The molecule has 0 radical (unpaired) electrons. The van der Waals surface area contributed by atoms with E-state index in [4.69, 9.17) is 30.5 Å². The van der Waals surface area contributed by atoms with Gasteiger partial charge in [0.15, 0.2) is 0 Å². The molecule has 1 aromatic carbocycles. The average Bonchev–Trinajstić information content (AvgIpc) is 2.83. The van der Waals surface area contributed by atoms with Gasteiger partial charge in [-0.2, -0.15) is 0 Å². The number of methoxy groups -OCH3 is 1. The highest BCUT2D eigenvalue weighted by Crippen LogP contribution is 2.50. The van der Waals surface area contributed by atoms with E-state index in [1.807, 2.05) is 0 Å². The van der Waals surface area contributed by atoms with E-state index in [-0.39, 0.29) is 35.3 Å². The van der Waals surface area contributed by atoms with Gasteiger partial charge in [0, 0.05) is 5.56 Å². The van der Waals surface area contributed by atoms with Gasteiger partial charge in [0.1, 0.15) is 22.6 Å². The Balaban J connectivity index is 2.56. The van der Waals surface area contributed by atoms with Crippen LogP contribution in [0.25, 0.3) is 0 Å². The molecule has 0 aliphatic carbocycles. The molecule has 0 aromatic heterocycles. The Kier molecular flexibility index (Phi) is 5.01. The molecule has 0 fully saturated rings. The number of esters is 2. The summed E-state index contributed by atoms with van der Waals surface area (Å²) >= 11 is 6.15. The topological polar surface area (TPSA) is 91.3 Å². The lowest BCUT2D eigenvalue weighted by Crippen LogP contribution is -2.55. The van der Waals surface area contributed by atoms with E-state index in [9.17, 15) is 14.7 Å². The number of carbonyl (C=O) groups excluding carboxylic acids is 2. The van der Waals surface area contributed by atoms with Gasteiger partial charge in [0.05, 0.1) is 20.3 Å². The molecule has 1 aliphatic rings. The van der Waals surface area contributed by atoms with Crippen LogP contribution in [-0.2, 0) is 19.1 Å². The normalized spacial score (nSPS) is 17.9. The van der Waals surface area contributed by atoms with Crippen molar-refractivity contribution in [3.05, 3.63) is 22.7 Å². The van der Waals surface area contributed by atoms with E-state index >= 15 is 0 Å². The first-order valence-electron chi connectivity index (χ1n) is 7.01. The zero-order valence-electron chi connectivity index (χ0n) is 12.9. The summed E-state index contributed by atoms with van der Waals surface area (Å²) in [4.78, 5) is 24.7. The fourth-order valence-electron chi connectivity index (χ4n) is 2.33.